The van der Waals surface area contributed by atoms with Gasteiger partial charge < -0.3 is 10.4 Å². The van der Waals surface area contributed by atoms with Crippen molar-refractivity contribution in [1.29, 1.82) is 0 Å². The summed E-state index contributed by atoms with van der Waals surface area (Å²) in [4.78, 5) is 0. The summed E-state index contributed by atoms with van der Waals surface area (Å²) in [5.41, 5.74) is -0.629. The van der Waals surface area contributed by atoms with Gasteiger partial charge in [-0.25, -0.2) is 0 Å². The van der Waals surface area contributed by atoms with Crippen molar-refractivity contribution in [2.75, 3.05) is 13.1 Å². The lowest BCUT2D eigenvalue weighted by molar-refractivity contribution is 0.109. The van der Waals surface area contributed by atoms with Gasteiger partial charge in [0.05, 0.1) is 0 Å². The van der Waals surface area contributed by atoms with Crippen LogP contribution in [0.3, 0.4) is 0 Å². The highest BCUT2D eigenvalue weighted by Gasteiger charge is 2.29. The largest absolute Gasteiger partial charge is 0.378 e. The van der Waals surface area contributed by atoms with Gasteiger partial charge >= 0.3 is 0 Å². The van der Waals surface area contributed by atoms with E-state index in [-0.39, 0.29) is 0 Å². The van der Waals surface area contributed by atoms with Gasteiger partial charge in [-0.2, -0.15) is 0 Å². The van der Waals surface area contributed by atoms with Crippen LogP contribution in [0.2, 0.25) is 0 Å². The highest BCUT2D eigenvalue weighted by Crippen LogP contribution is 2.28. The topological polar surface area (TPSA) is 32.3 Å². The molecule has 0 unspecified atom stereocenters. The maximum atomic E-state index is 9.87. The molecule has 0 spiro atoms. The van der Waals surface area contributed by atoms with Gasteiger partial charge in [0.15, 0.2) is 0 Å². The second-order valence-corrected chi connectivity index (χ2v) is 3.86. The van der Waals surface area contributed by atoms with E-state index < -0.39 is 5.60 Å². The van der Waals surface area contributed by atoms with Crippen LogP contribution in [0.5, 0.6) is 0 Å². The highest BCUT2D eigenvalue weighted by atomic mass is 16.3. The van der Waals surface area contributed by atoms with Gasteiger partial charge in [0.1, 0.15) is 5.60 Å². The Morgan fingerprint density at radius 2 is 1.92 bits per heavy atom. The molecule has 1 aliphatic heterocycles. The molecule has 1 saturated heterocycles. The van der Waals surface area contributed by atoms with E-state index >= 15 is 0 Å². The molecule has 12 heavy (non-hydrogen) atoms. The van der Waals surface area contributed by atoms with Crippen molar-refractivity contribution < 1.29 is 5.11 Å². The van der Waals surface area contributed by atoms with E-state index in [1.54, 1.807) is 0 Å². The van der Waals surface area contributed by atoms with Gasteiger partial charge in [-0.1, -0.05) is 11.8 Å². The van der Waals surface area contributed by atoms with Crippen molar-refractivity contribution in [3.05, 3.63) is 0 Å². The van der Waals surface area contributed by atoms with Crippen LogP contribution in [0.1, 0.15) is 25.7 Å². The quantitative estimate of drug-likeness (QED) is 0.513. The summed E-state index contributed by atoms with van der Waals surface area (Å²) in [5.74, 6) is 6.66. The molecule has 0 radical (unpaired) electrons. The summed E-state index contributed by atoms with van der Waals surface area (Å²) in [5, 5.41) is 13.0. The first-order chi connectivity index (χ1) is 5.79. The number of hydrogen-bond donors (Lipinski definition) is 2. The van der Waals surface area contributed by atoms with Crippen molar-refractivity contribution >= 4 is 0 Å². The molecule has 0 aromatic heterocycles. The zero-order valence-corrected chi connectivity index (χ0v) is 7.27. The Kier molecular flexibility index (Phi) is 2.08. The van der Waals surface area contributed by atoms with Crippen molar-refractivity contribution in [1.82, 2.24) is 5.32 Å². The zero-order valence-electron chi connectivity index (χ0n) is 7.27. The molecule has 2 aliphatic rings. The Hall–Kier alpha value is -0.520. The minimum absolute atomic E-state index is 0.495. The van der Waals surface area contributed by atoms with Crippen LogP contribution < -0.4 is 5.32 Å². The second-order valence-electron chi connectivity index (χ2n) is 3.86. The van der Waals surface area contributed by atoms with E-state index in [9.17, 15) is 5.11 Å². The van der Waals surface area contributed by atoms with Crippen LogP contribution in [0, 0.1) is 17.8 Å². The average molecular weight is 165 g/mol. The van der Waals surface area contributed by atoms with Gasteiger partial charge in [0.2, 0.25) is 0 Å². The molecule has 0 aromatic carbocycles. The number of aliphatic hydroxyl groups is 1. The maximum absolute atomic E-state index is 9.87. The van der Waals surface area contributed by atoms with Gasteiger partial charge in [-0.05, 0) is 25.7 Å². The minimum atomic E-state index is -0.629. The summed E-state index contributed by atoms with van der Waals surface area (Å²) in [7, 11) is 0. The number of rotatable bonds is 0. The predicted octanol–water partition coefficient (Wildman–Crippen LogP) is 0.514. The summed E-state index contributed by atoms with van der Waals surface area (Å²) < 4.78 is 0. The van der Waals surface area contributed by atoms with Crippen LogP contribution in [0.4, 0.5) is 0 Å². The SMILES string of the molecule is OC1(C#CC2CNC2)CCCC1. The normalized spacial score (nSPS) is 27.4. The molecule has 1 aliphatic carbocycles. The summed E-state index contributed by atoms with van der Waals surface area (Å²) in [6, 6.07) is 0. The lowest BCUT2D eigenvalue weighted by Gasteiger charge is -2.22. The summed E-state index contributed by atoms with van der Waals surface area (Å²) in [6.07, 6.45) is 4.02. The van der Waals surface area contributed by atoms with Gasteiger partial charge in [-0.3, -0.25) is 0 Å². The third kappa shape index (κ3) is 1.63. The molecule has 2 nitrogen and oxygen atoms in total. The monoisotopic (exact) mass is 165 g/mol. The van der Waals surface area contributed by atoms with Crippen molar-refractivity contribution in [2.24, 2.45) is 5.92 Å². The third-order valence-electron chi connectivity index (χ3n) is 2.72. The van der Waals surface area contributed by atoms with E-state index in [0.29, 0.717) is 5.92 Å². The van der Waals surface area contributed by atoms with E-state index in [1.807, 2.05) is 0 Å². The first-order valence-corrected chi connectivity index (χ1v) is 4.74. The smallest absolute Gasteiger partial charge is 0.125 e. The lowest BCUT2D eigenvalue weighted by atomic mass is 9.99. The molecule has 2 N–H and O–H groups in total. The van der Waals surface area contributed by atoms with E-state index in [1.165, 1.54) is 0 Å². The maximum Gasteiger partial charge on any atom is 0.125 e. The molecule has 66 valence electrons. The molecule has 0 aromatic rings. The Balaban J connectivity index is 1.93. The third-order valence-corrected chi connectivity index (χ3v) is 2.72. The molecule has 1 heterocycles. The average Bonchev–Trinajstić information content (AvgIpc) is 2.33. The standard InChI is InChI=1S/C10H15NO/c12-10(4-1-2-5-10)6-3-9-7-11-8-9/h9,11-12H,1-2,4-5,7-8H2. The van der Waals surface area contributed by atoms with Crippen LogP contribution in [-0.2, 0) is 0 Å². The van der Waals surface area contributed by atoms with Gasteiger partial charge in [0.25, 0.3) is 0 Å². The summed E-state index contributed by atoms with van der Waals surface area (Å²) in [6.45, 7) is 2.01. The van der Waals surface area contributed by atoms with Crippen LogP contribution in [0.25, 0.3) is 0 Å². The molecule has 0 atom stereocenters. The van der Waals surface area contributed by atoms with Crippen LogP contribution in [-0.4, -0.2) is 23.8 Å². The highest BCUT2D eigenvalue weighted by molar-refractivity contribution is 5.19. The predicted molar refractivity (Wildman–Crippen MR) is 47.6 cm³/mol. The van der Waals surface area contributed by atoms with Crippen molar-refractivity contribution in [3.8, 4) is 11.8 Å². The molecule has 0 bridgehead atoms. The fourth-order valence-electron chi connectivity index (χ4n) is 1.71. The minimum Gasteiger partial charge on any atom is -0.378 e. The van der Waals surface area contributed by atoms with Crippen molar-refractivity contribution in [2.45, 2.75) is 31.3 Å². The van der Waals surface area contributed by atoms with Crippen LogP contribution >= 0.6 is 0 Å². The van der Waals surface area contributed by atoms with Crippen LogP contribution in [0.15, 0.2) is 0 Å². The van der Waals surface area contributed by atoms with Crippen molar-refractivity contribution in [3.63, 3.8) is 0 Å². The van der Waals surface area contributed by atoms with E-state index in [2.05, 4.69) is 17.2 Å². The lowest BCUT2D eigenvalue weighted by Crippen LogP contribution is -2.41. The first-order valence-electron chi connectivity index (χ1n) is 4.74. The number of hydrogen-bond acceptors (Lipinski definition) is 2. The van der Waals surface area contributed by atoms with E-state index in [4.69, 9.17) is 0 Å². The molecule has 1 saturated carbocycles. The Bertz CT molecular complexity index is 216. The Morgan fingerprint density at radius 1 is 1.25 bits per heavy atom. The number of nitrogens with one attached hydrogen (secondary N) is 1. The first kappa shape index (κ1) is 8.10. The molecular formula is C10H15NO. The molecular weight excluding hydrogens is 150 g/mol. The molecule has 2 heteroatoms. The fraction of sp³-hybridized carbons (Fsp3) is 0.800. The zero-order chi connectivity index (χ0) is 8.44. The summed E-state index contributed by atoms with van der Waals surface area (Å²) >= 11 is 0. The fourth-order valence-corrected chi connectivity index (χ4v) is 1.71. The molecule has 2 rings (SSSR count). The molecule has 2 fully saturated rings. The molecule has 0 amide bonds. The van der Waals surface area contributed by atoms with E-state index in [0.717, 1.165) is 38.8 Å². The van der Waals surface area contributed by atoms with Gasteiger partial charge in [-0.15, -0.1) is 0 Å². The Labute approximate surface area is 73.4 Å². The second kappa shape index (κ2) is 3.08. The Morgan fingerprint density at radius 3 is 2.42 bits per heavy atom. The van der Waals surface area contributed by atoms with Gasteiger partial charge in [0, 0.05) is 19.0 Å².